The first-order chi connectivity index (χ1) is 14.5. The molecule has 1 aliphatic heterocycles. The number of thiazole rings is 1. The molecule has 8 heteroatoms. The molecule has 1 aromatic carbocycles. The Hall–Kier alpha value is -2.58. The second-order valence-corrected chi connectivity index (χ2v) is 8.65. The number of hydrogen-bond acceptors (Lipinski definition) is 5. The molecule has 30 heavy (non-hydrogen) atoms. The van der Waals surface area contributed by atoms with Gasteiger partial charge in [0.1, 0.15) is 11.5 Å². The van der Waals surface area contributed by atoms with Crippen LogP contribution in [0.25, 0.3) is 10.6 Å². The van der Waals surface area contributed by atoms with Crippen LogP contribution in [-0.4, -0.2) is 44.7 Å². The number of nitrogens with one attached hydrogen (secondary N) is 1. The second kappa shape index (κ2) is 9.06. The monoisotopic (exact) mass is 427 g/mol. The van der Waals surface area contributed by atoms with Crippen molar-refractivity contribution in [2.75, 3.05) is 13.1 Å². The van der Waals surface area contributed by atoms with Crippen LogP contribution in [0.15, 0.2) is 35.8 Å². The molecular formula is C22H26FN5OS. The third-order valence-electron chi connectivity index (χ3n) is 5.60. The lowest BCUT2D eigenvalue weighted by molar-refractivity contribution is -0.121. The molecule has 0 saturated carbocycles. The van der Waals surface area contributed by atoms with E-state index in [1.165, 1.54) is 11.8 Å². The topological polar surface area (TPSA) is 63.1 Å². The van der Waals surface area contributed by atoms with Crippen LogP contribution in [0.2, 0.25) is 0 Å². The van der Waals surface area contributed by atoms with Gasteiger partial charge in [-0.2, -0.15) is 5.10 Å². The van der Waals surface area contributed by atoms with Gasteiger partial charge in [0.15, 0.2) is 0 Å². The van der Waals surface area contributed by atoms with E-state index in [-0.39, 0.29) is 24.2 Å². The first-order valence-electron chi connectivity index (χ1n) is 10.2. The zero-order chi connectivity index (χ0) is 21.1. The first kappa shape index (κ1) is 20.7. The number of hydrogen-bond donors (Lipinski definition) is 1. The highest BCUT2D eigenvalue weighted by atomic mass is 32.1. The summed E-state index contributed by atoms with van der Waals surface area (Å²) in [6, 6.07) is 8.72. The molecule has 0 atom stereocenters. The third kappa shape index (κ3) is 4.76. The van der Waals surface area contributed by atoms with E-state index in [1.54, 1.807) is 29.5 Å². The average Bonchev–Trinajstić information content (AvgIpc) is 3.30. The number of aromatic nitrogens is 3. The summed E-state index contributed by atoms with van der Waals surface area (Å²) < 4.78 is 15.7. The molecule has 1 saturated heterocycles. The Morgan fingerprint density at radius 1 is 1.30 bits per heavy atom. The van der Waals surface area contributed by atoms with E-state index in [4.69, 9.17) is 0 Å². The SMILES string of the molecule is Cc1ncsc1-c1cc(CN2CCC(NC(=O)Cc3ccccc3F)CC2)n(C)n1. The molecule has 158 valence electrons. The summed E-state index contributed by atoms with van der Waals surface area (Å²) in [6.45, 7) is 4.65. The molecule has 0 spiro atoms. The maximum absolute atomic E-state index is 13.7. The minimum atomic E-state index is -0.327. The standard InChI is InChI=1S/C22H26FN5OS/c1-15-22(30-14-24-15)20-12-18(27(2)26-20)13-28-9-7-17(8-10-28)25-21(29)11-16-5-3-4-6-19(16)23/h3-6,12,14,17H,7-11,13H2,1-2H3,(H,25,29). The Morgan fingerprint density at radius 3 is 2.77 bits per heavy atom. The predicted molar refractivity (Wildman–Crippen MR) is 116 cm³/mol. The molecule has 1 N–H and O–H groups in total. The summed E-state index contributed by atoms with van der Waals surface area (Å²) in [6.07, 6.45) is 1.87. The summed E-state index contributed by atoms with van der Waals surface area (Å²) in [5.74, 6) is -0.443. The van der Waals surface area contributed by atoms with Crippen molar-refractivity contribution in [1.29, 1.82) is 0 Å². The van der Waals surface area contributed by atoms with Gasteiger partial charge in [-0.3, -0.25) is 14.4 Å². The van der Waals surface area contributed by atoms with Crippen molar-refractivity contribution < 1.29 is 9.18 Å². The van der Waals surface area contributed by atoms with E-state index < -0.39 is 0 Å². The van der Waals surface area contributed by atoms with Crippen molar-refractivity contribution >= 4 is 17.2 Å². The van der Waals surface area contributed by atoms with Crippen LogP contribution in [0.4, 0.5) is 4.39 Å². The lowest BCUT2D eigenvalue weighted by Gasteiger charge is -2.32. The molecule has 6 nitrogen and oxygen atoms in total. The summed E-state index contributed by atoms with van der Waals surface area (Å²) in [5, 5.41) is 7.72. The maximum atomic E-state index is 13.7. The number of rotatable bonds is 6. The number of amides is 1. The van der Waals surface area contributed by atoms with Gasteiger partial charge in [-0.25, -0.2) is 9.37 Å². The zero-order valence-corrected chi connectivity index (χ0v) is 18.1. The van der Waals surface area contributed by atoms with E-state index in [2.05, 4.69) is 26.4 Å². The third-order valence-corrected chi connectivity index (χ3v) is 6.55. The minimum absolute atomic E-state index is 0.0850. The van der Waals surface area contributed by atoms with Crippen LogP contribution >= 0.6 is 11.3 Å². The normalized spacial score (nSPS) is 15.4. The van der Waals surface area contributed by atoms with Gasteiger partial charge in [-0.1, -0.05) is 18.2 Å². The molecule has 0 unspecified atom stereocenters. The Bertz CT molecular complexity index is 1020. The first-order valence-corrected chi connectivity index (χ1v) is 11.1. The number of halogens is 1. The summed E-state index contributed by atoms with van der Waals surface area (Å²) >= 11 is 1.61. The lowest BCUT2D eigenvalue weighted by atomic mass is 10.0. The fourth-order valence-corrected chi connectivity index (χ4v) is 4.63. The number of likely N-dealkylation sites (tertiary alicyclic amines) is 1. The Balaban J connectivity index is 1.28. The van der Waals surface area contributed by atoms with Crippen molar-refractivity contribution in [2.45, 2.75) is 38.8 Å². The molecule has 0 bridgehead atoms. The van der Waals surface area contributed by atoms with Crippen molar-refractivity contribution in [3.63, 3.8) is 0 Å². The molecule has 0 radical (unpaired) electrons. The van der Waals surface area contributed by atoms with Gasteiger partial charge < -0.3 is 5.32 Å². The number of carbonyl (C=O) groups excluding carboxylic acids is 1. The lowest BCUT2D eigenvalue weighted by Crippen LogP contribution is -2.45. The summed E-state index contributed by atoms with van der Waals surface area (Å²) in [4.78, 5) is 20.1. The Kier molecular flexibility index (Phi) is 6.24. The molecule has 4 rings (SSSR count). The summed E-state index contributed by atoms with van der Waals surface area (Å²) in [7, 11) is 1.98. The molecule has 1 aliphatic rings. The molecule has 0 aliphatic carbocycles. The molecule has 2 aromatic heterocycles. The molecular weight excluding hydrogens is 401 g/mol. The van der Waals surface area contributed by atoms with Gasteiger partial charge in [0.25, 0.3) is 0 Å². The van der Waals surface area contributed by atoms with Crippen LogP contribution in [0, 0.1) is 12.7 Å². The van der Waals surface area contributed by atoms with Gasteiger partial charge in [0.05, 0.1) is 28.2 Å². The molecule has 1 fully saturated rings. The van der Waals surface area contributed by atoms with Gasteiger partial charge in [-0.05, 0) is 37.5 Å². The highest BCUT2D eigenvalue weighted by Crippen LogP contribution is 2.27. The minimum Gasteiger partial charge on any atom is -0.353 e. The smallest absolute Gasteiger partial charge is 0.224 e. The number of benzene rings is 1. The van der Waals surface area contributed by atoms with Crippen molar-refractivity contribution in [3.8, 4) is 10.6 Å². The molecule has 1 amide bonds. The number of aryl methyl sites for hydroxylation is 2. The van der Waals surface area contributed by atoms with Crippen LogP contribution < -0.4 is 5.32 Å². The van der Waals surface area contributed by atoms with Crippen LogP contribution in [-0.2, 0) is 24.8 Å². The van der Waals surface area contributed by atoms with Crippen LogP contribution in [0.5, 0.6) is 0 Å². The van der Waals surface area contributed by atoms with Gasteiger partial charge in [-0.15, -0.1) is 11.3 Å². The molecule has 3 heterocycles. The summed E-state index contributed by atoms with van der Waals surface area (Å²) in [5.41, 5.74) is 5.44. The number of nitrogens with zero attached hydrogens (tertiary/aromatic N) is 4. The highest BCUT2D eigenvalue weighted by Gasteiger charge is 2.22. The maximum Gasteiger partial charge on any atom is 0.224 e. The fourth-order valence-electron chi connectivity index (χ4n) is 3.87. The van der Waals surface area contributed by atoms with Crippen molar-refractivity contribution in [3.05, 3.63) is 58.6 Å². The quantitative estimate of drug-likeness (QED) is 0.656. The van der Waals surface area contributed by atoms with Crippen LogP contribution in [0.3, 0.4) is 0 Å². The number of carbonyl (C=O) groups is 1. The van der Waals surface area contributed by atoms with Gasteiger partial charge in [0, 0.05) is 32.7 Å². The Morgan fingerprint density at radius 2 is 2.07 bits per heavy atom. The van der Waals surface area contributed by atoms with E-state index in [0.29, 0.717) is 5.56 Å². The zero-order valence-electron chi connectivity index (χ0n) is 17.3. The largest absolute Gasteiger partial charge is 0.353 e. The van der Waals surface area contributed by atoms with E-state index in [9.17, 15) is 9.18 Å². The van der Waals surface area contributed by atoms with Gasteiger partial charge in [0.2, 0.25) is 5.91 Å². The van der Waals surface area contributed by atoms with Crippen molar-refractivity contribution in [2.24, 2.45) is 7.05 Å². The molecule has 3 aromatic rings. The second-order valence-electron chi connectivity index (χ2n) is 7.80. The predicted octanol–water partition coefficient (Wildman–Crippen LogP) is 3.31. The van der Waals surface area contributed by atoms with Gasteiger partial charge >= 0.3 is 0 Å². The van der Waals surface area contributed by atoms with E-state index in [0.717, 1.165) is 48.7 Å². The van der Waals surface area contributed by atoms with E-state index >= 15 is 0 Å². The van der Waals surface area contributed by atoms with Crippen molar-refractivity contribution in [1.82, 2.24) is 25.0 Å². The average molecular weight is 428 g/mol. The fraction of sp³-hybridized carbons (Fsp3) is 0.409. The van der Waals surface area contributed by atoms with E-state index in [1.807, 2.05) is 24.2 Å². The Labute approximate surface area is 179 Å². The van der Waals surface area contributed by atoms with Crippen LogP contribution in [0.1, 0.15) is 29.8 Å². The highest BCUT2D eigenvalue weighted by molar-refractivity contribution is 7.13. The number of piperidine rings is 1.